The molecule has 1 aromatic heterocycles. The number of thiazole rings is 1. The molecule has 3 rings (SSSR count). The number of carbonyl (C=O) groups is 1. The zero-order valence-electron chi connectivity index (χ0n) is 13.5. The minimum absolute atomic E-state index is 0. The normalized spacial score (nSPS) is 20.4. The summed E-state index contributed by atoms with van der Waals surface area (Å²) in [6, 6.07) is 0. The number of hydrogen-bond donors (Lipinski definition) is 2. The SMILES string of the molecule is CC(=O)Nc1nc(CN2CCNCC23CCCCC3)cs1.Cl.Cl. The molecule has 1 saturated carbocycles. The van der Waals surface area contributed by atoms with Gasteiger partial charge in [0, 0.05) is 44.0 Å². The Bertz CT molecular complexity index is 497. The Labute approximate surface area is 154 Å². The van der Waals surface area contributed by atoms with Crippen molar-refractivity contribution in [3.8, 4) is 0 Å². The van der Waals surface area contributed by atoms with Crippen molar-refractivity contribution in [3.05, 3.63) is 11.1 Å². The summed E-state index contributed by atoms with van der Waals surface area (Å²) in [6.07, 6.45) is 6.64. The lowest BCUT2D eigenvalue weighted by Crippen LogP contribution is -2.61. The highest BCUT2D eigenvalue weighted by Crippen LogP contribution is 2.35. The summed E-state index contributed by atoms with van der Waals surface area (Å²) in [4.78, 5) is 18.3. The van der Waals surface area contributed by atoms with Gasteiger partial charge in [-0.15, -0.1) is 36.2 Å². The van der Waals surface area contributed by atoms with Crippen LogP contribution in [0, 0.1) is 0 Å². The van der Waals surface area contributed by atoms with E-state index in [2.05, 4.69) is 25.9 Å². The van der Waals surface area contributed by atoms with Crippen molar-refractivity contribution in [1.29, 1.82) is 0 Å². The van der Waals surface area contributed by atoms with Gasteiger partial charge in [-0.1, -0.05) is 19.3 Å². The van der Waals surface area contributed by atoms with E-state index in [4.69, 9.17) is 0 Å². The molecule has 0 unspecified atom stereocenters. The largest absolute Gasteiger partial charge is 0.314 e. The Hall–Kier alpha value is -0.400. The predicted octanol–water partition coefficient (Wildman–Crippen LogP) is 3.05. The van der Waals surface area contributed by atoms with Gasteiger partial charge < -0.3 is 10.6 Å². The number of piperazine rings is 1. The highest BCUT2D eigenvalue weighted by Gasteiger charge is 2.39. The van der Waals surface area contributed by atoms with Crippen LogP contribution in [0.15, 0.2) is 5.38 Å². The number of nitrogens with zero attached hydrogens (tertiary/aromatic N) is 2. The van der Waals surface area contributed by atoms with Crippen LogP contribution < -0.4 is 10.6 Å². The molecular weight excluding hydrogens is 355 g/mol. The maximum atomic E-state index is 11.1. The topological polar surface area (TPSA) is 57.3 Å². The Morgan fingerprint density at radius 3 is 2.83 bits per heavy atom. The lowest BCUT2D eigenvalue weighted by atomic mass is 9.79. The molecule has 2 N–H and O–H groups in total. The monoisotopic (exact) mass is 380 g/mol. The van der Waals surface area contributed by atoms with Crippen molar-refractivity contribution in [3.63, 3.8) is 0 Å². The fraction of sp³-hybridized carbons (Fsp3) is 0.733. The number of carbonyl (C=O) groups excluding carboxylic acids is 1. The molecule has 1 aromatic rings. The molecule has 1 spiro atoms. The van der Waals surface area contributed by atoms with Crippen molar-refractivity contribution in [2.24, 2.45) is 0 Å². The fourth-order valence-electron chi connectivity index (χ4n) is 3.62. The van der Waals surface area contributed by atoms with Crippen LogP contribution in [-0.4, -0.2) is 41.0 Å². The molecule has 0 aromatic carbocycles. The van der Waals surface area contributed by atoms with E-state index in [1.165, 1.54) is 50.4 Å². The first kappa shape index (κ1) is 20.6. The van der Waals surface area contributed by atoms with E-state index in [0.717, 1.165) is 31.9 Å². The Balaban J connectivity index is 0.00000132. The Morgan fingerprint density at radius 2 is 2.13 bits per heavy atom. The van der Waals surface area contributed by atoms with Crippen LogP contribution in [-0.2, 0) is 11.3 Å². The summed E-state index contributed by atoms with van der Waals surface area (Å²) in [5, 5.41) is 9.13. The van der Waals surface area contributed by atoms with Crippen molar-refractivity contribution in [2.45, 2.75) is 51.1 Å². The third-order valence-corrected chi connectivity index (χ3v) is 5.46. The molecule has 2 fully saturated rings. The number of anilines is 1. The van der Waals surface area contributed by atoms with Crippen LogP contribution in [0.4, 0.5) is 5.13 Å². The summed E-state index contributed by atoms with van der Waals surface area (Å²) in [5.74, 6) is -0.0539. The van der Waals surface area contributed by atoms with Gasteiger partial charge in [-0.2, -0.15) is 0 Å². The molecule has 1 saturated heterocycles. The van der Waals surface area contributed by atoms with Crippen LogP contribution in [0.1, 0.15) is 44.7 Å². The molecule has 1 aliphatic heterocycles. The minimum atomic E-state index is -0.0539. The lowest BCUT2D eigenvalue weighted by Gasteiger charge is -2.49. The van der Waals surface area contributed by atoms with Crippen LogP contribution in [0.5, 0.6) is 0 Å². The summed E-state index contributed by atoms with van der Waals surface area (Å²) in [6.45, 7) is 5.68. The van der Waals surface area contributed by atoms with Gasteiger partial charge in [-0.05, 0) is 12.8 Å². The van der Waals surface area contributed by atoms with Gasteiger partial charge in [0.15, 0.2) is 5.13 Å². The smallest absolute Gasteiger partial charge is 0.223 e. The summed E-state index contributed by atoms with van der Waals surface area (Å²) in [7, 11) is 0. The molecule has 23 heavy (non-hydrogen) atoms. The number of nitrogens with one attached hydrogen (secondary N) is 2. The van der Waals surface area contributed by atoms with E-state index < -0.39 is 0 Å². The lowest BCUT2D eigenvalue weighted by molar-refractivity contribution is -0.114. The van der Waals surface area contributed by atoms with Crippen molar-refractivity contribution in [1.82, 2.24) is 15.2 Å². The second-order valence-corrected chi connectivity index (χ2v) is 7.07. The quantitative estimate of drug-likeness (QED) is 0.845. The molecule has 0 radical (unpaired) electrons. The Morgan fingerprint density at radius 1 is 1.39 bits per heavy atom. The second-order valence-electron chi connectivity index (χ2n) is 6.21. The van der Waals surface area contributed by atoms with E-state index in [-0.39, 0.29) is 30.7 Å². The van der Waals surface area contributed by atoms with Crippen LogP contribution >= 0.6 is 36.2 Å². The van der Waals surface area contributed by atoms with E-state index in [1.807, 2.05) is 0 Å². The van der Waals surface area contributed by atoms with Gasteiger partial charge in [0.2, 0.25) is 5.91 Å². The van der Waals surface area contributed by atoms with Gasteiger partial charge in [0.05, 0.1) is 5.69 Å². The van der Waals surface area contributed by atoms with Crippen LogP contribution in [0.3, 0.4) is 0 Å². The molecule has 2 heterocycles. The number of rotatable bonds is 3. The number of aromatic nitrogens is 1. The standard InChI is InChI=1S/C15H24N4OS.2ClH/c1-12(20)17-14-18-13(10-21-14)9-19-8-7-16-11-15(19)5-3-2-4-6-15;;/h10,16H,2-9,11H2,1H3,(H,17,18,20);2*1H. The van der Waals surface area contributed by atoms with Crippen molar-refractivity contribution >= 4 is 47.2 Å². The molecule has 5 nitrogen and oxygen atoms in total. The first-order valence-electron chi connectivity index (χ1n) is 7.86. The van der Waals surface area contributed by atoms with E-state index >= 15 is 0 Å². The number of halogens is 2. The van der Waals surface area contributed by atoms with Gasteiger partial charge in [-0.25, -0.2) is 4.98 Å². The zero-order chi connectivity index (χ0) is 14.7. The first-order valence-corrected chi connectivity index (χ1v) is 8.74. The average molecular weight is 381 g/mol. The number of hydrogen-bond acceptors (Lipinski definition) is 5. The molecule has 0 bridgehead atoms. The van der Waals surface area contributed by atoms with Gasteiger partial charge in [-0.3, -0.25) is 9.69 Å². The maximum Gasteiger partial charge on any atom is 0.223 e. The fourth-order valence-corrected chi connectivity index (χ4v) is 4.36. The molecule has 132 valence electrons. The highest BCUT2D eigenvalue weighted by atomic mass is 35.5. The molecule has 1 aliphatic carbocycles. The predicted molar refractivity (Wildman–Crippen MR) is 100 cm³/mol. The highest BCUT2D eigenvalue weighted by molar-refractivity contribution is 7.13. The summed E-state index contributed by atoms with van der Waals surface area (Å²) >= 11 is 1.52. The van der Waals surface area contributed by atoms with E-state index in [9.17, 15) is 4.79 Å². The average Bonchev–Trinajstić information content (AvgIpc) is 2.89. The zero-order valence-corrected chi connectivity index (χ0v) is 15.9. The van der Waals surface area contributed by atoms with E-state index in [1.54, 1.807) is 0 Å². The molecular formula is C15H26Cl2N4OS. The summed E-state index contributed by atoms with van der Waals surface area (Å²) in [5.41, 5.74) is 1.41. The molecule has 2 aliphatic rings. The third-order valence-electron chi connectivity index (χ3n) is 4.66. The van der Waals surface area contributed by atoms with Gasteiger partial charge in [0.1, 0.15) is 0 Å². The summed E-state index contributed by atoms with van der Waals surface area (Å²) < 4.78 is 0. The third kappa shape index (κ3) is 5.03. The number of amides is 1. The first-order chi connectivity index (χ1) is 10.2. The molecule has 8 heteroatoms. The van der Waals surface area contributed by atoms with Crippen LogP contribution in [0.25, 0.3) is 0 Å². The maximum absolute atomic E-state index is 11.1. The van der Waals surface area contributed by atoms with E-state index in [0.29, 0.717) is 10.7 Å². The molecule has 1 amide bonds. The van der Waals surface area contributed by atoms with Crippen molar-refractivity contribution < 1.29 is 4.79 Å². The Kier molecular flexibility index (Phi) is 8.24. The van der Waals surface area contributed by atoms with Crippen LogP contribution in [0.2, 0.25) is 0 Å². The molecule has 0 atom stereocenters. The van der Waals surface area contributed by atoms with Crippen molar-refractivity contribution in [2.75, 3.05) is 25.0 Å². The van der Waals surface area contributed by atoms with Gasteiger partial charge >= 0.3 is 0 Å². The minimum Gasteiger partial charge on any atom is -0.314 e. The van der Waals surface area contributed by atoms with Gasteiger partial charge in [0.25, 0.3) is 0 Å². The second kappa shape index (κ2) is 9.18.